The van der Waals surface area contributed by atoms with Crippen LogP contribution in [-0.4, -0.2) is 28.4 Å². The second-order valence-electron chi connectivity index (χ2n) is 5.57. The van der Waals surface area contributed by atoms with E-state index in [4.69, 9.17) is 9.47 Å². The van der Waals surface area contributed by atoms with Crippen LogP contribution in [0.3, 0.4) is 0 Å². The number of pyridine rings is 1. The van der Waals surface area contributed by atoms with Gasteiger partial charge in [0.25, 0.3) is 0 Å². The van der Waals surface area contributed by atoms with Crippen LogP contribution in [0.15, 0.2) is 46.1 Å². The van der Waals surface area contributed by atoms with Crippen molar-refractivity contribution in [1.29, 1.82) is 0 Å². The first-order valence-corrected chi connectivity index (χ1v) is 8.30. The molecular formula is C17H14BrN3O3. The lowest BCUT2D eigenvalue weighted by Crippen LogP contribution is -2.24. The summed E-state index contributed by atoms with van der Waals surface area (Å²) in [6.07, 6.45) is 2.31. The largest absolute Gasteiger partial charge is 0.454 e. The van der Waals surface area contributed by atoms with E-state index in [9.17, 15) is 4.79 Å². The number of hydrogen-bond donors (Lipinski definition) is 0. The number of nitrogens with zero attached hydrogens (tertiary/aromatic N) is 3. The molecule has 0 saturated heterocycles. The number of hydrazone groups is 1. The van der Waals surface area contributed by atoms with E-state index in [0.29, 0.717) is 17.9 Å². The molecule has 3 heterocycles. The topological polar surface area (TPSA) is 64.0 Å². The number of hydrogen-bond acceptors (Lipinski definition) is 5. The van der Waals surface area contributed by atoms with Crippen LogP contribution in [0.2, 0.25) is 0 Å². The van der Waals surface area contributed by atoms with Crippen molar-refractivity contribution < 1.29 is 14.3 Å². The van der Waals surface area contributed by atoms with Gasteiger partial charge in [-0.15, -0.1) is 0 Å². The zero-order chi connectivity index (χ0) is 16.7. The minimum Gasteiger partial charge on any atom is -0.454 e. The Morgan fingerprint density at radius 3 is 2.79 bits per heavy atom. The molecule has 0 radical (unpaired) electrons. The maximum absolute atomic E-state index is 12.1. The maximum atomic E-state index is 12.1. The quantitative estimate of drug-likeness (QED) is 0.792. The van der Waals surface area contributed by atoms with Crippen LogP contribution >= 0.6 is 15.9 Å². The van der Waals surface area contributed by atoms with Crippen molar-refractivity contribution in [3.05, 3.63) is 52.3 Å². The predicted octanol–water partition coefficient (Wildman–Crippen LogP) is 3.27. The standard InChI is InChI=1S/C17H14BrN3O3/c1-10(22)21-15(8-14(20-21)13-4-2-3-5-19-13)11-6-16-17(7-12(11)18)24-9-23-16/h2-7,15H,8-9H2,1H3/t15-/m0/s1. The highest BCUT2D eigenvalue weighted by Crippen LogP contribution is 2.43. The van der Waals surface area contributed by atoms with E-state index in [1.54, 1.807) is 6.20 Å². The Balaban J connectivity index is 1.72. The van der Waals surface area contributed by atoms with E-state index >= 15 is 0 Å². The number of aromatic nitrogens is 1. The molecule has 1 aromatic heterocycles. The number of benzene rings is 1. The SMILES string of the molecule is CC(=O)N1N=C(c2ccccn2)C[C@H]1c1cc2c(cc1Br)OCO2. The van der Waals surface area contributed by atoms with E-state index < -0.39 is 0 Å². The molecule has 0 aliphatic carbocycles. The van der Waals surface area contributed by atoms with E-state index in [0.717, 1.165) is 21.4 Å². The smallest absolute Gasteiger partial charge is 0.240 e. The van der Waals surface area contributed by atoms with Gasteiger partial charge in [0, 0.05) is 24.0 Å². The second kappa shape index (κ2) is 5.90. The maximum Gasteiger partial charge on any atom is 0.240 e. The van der Waals surface area contributed by atoms with E-state index in [1.807, 2.05) is 30.3 Å². The molecule has 0 bridgehead atoms. The van der Waals surface area contributed by atoms with Crippen LogP contribution in [0.4, 0.5) is 0 Å². The summed E-state index contributed by atoms with van der Waals surface area (Å²) < 4.78 is 11.7. The molecule has 6 nitrogen and oxygen atoms in total. The highest BCUT2D eigenvalue weighted by molar-refractivity contribution is 9.10. The third-order valence-electron chi connectivity index (χ3n) is 4.04. The Hall–Kier alpha value is -2.41. The molecule has 1 amide bonds. The molecule has 1 aromatic carbocycles. The van der Waals surface area contributed by atoms with Gasteiger partial charge in [-0.2, -0.15) is 5.10 Å². The van der Waals surface area contributed by atoms with Gasteiger partial charge in [-0.25, -0.2) is 5.01 Å². The molecule has 0 unspecified atom stereocenters. The molecule has 1 atom stereocenters. The van der Waals surface area contributed by atoms with Crippen molar-refractivity contribution >= 4 is 27.5 Å². The Morgan fingerprint density at radius 2 is 2.08 bits per heavy atom. The third-order valence-corrected chi connectivity index (χ3v) is 4.73. The summed E-state index contributed by atoms with van der Waals surface area (Å²) in [6, 6.07) is 9.23. The highest BCUT2D eigenvalue weighted by Gasteiger charge is 2.34. The molecule has 24 heavy (non-hydrogen) atoms. The number of rotatable bonds is 2. The lowest BCUT2D eigenvalue weighted by molar-refractivity contribution is -0.130. The fourth-order valence-electron chi connectivity index (χ4n) is 2.92. The van der Waals surface area contributed by atoms with Gasteiger partial charge in [-0.05, 0) is 29.8 Å². The number of carbonyl (C=O) groups is 1. The molecular weight excluding hydrogens is 374 g/mol. The molecule has 7 heteroatoms. The average molecular weight is 388 g/mol. The Bertz CT molecular complexity index is 838. The number of carbonyl (C=O) groups excluding carboxylic acids is 1. The fraction of sp³-hybridized carbons (Fsp3) is 0.235. The molecule has 0 N–H and O–H groups in total. The molecule has 122 valence electrons. The predicted molar refractivity (Wildman–Crippen MR) is 90.9 cm³/mol. The first kappa shape index (κ1) is 15.1. The van der Waals surface area contributed by atoms with Gasteiger partial charge in [0.1, 0.15) is 0 Å². The summed E-state index contributed by atoms with van der Waals surface area (Å²) in [7, 11) is 0. The van der Waals surface area contributed by atoms with Crippen LogP contribution in [0.25, 0.3) is 0 Å². The summed E-state index contributed by atoms with van der Waals surface area (Å²) in [4.78, 5) is 16.4. The van der Waals surface area contributed by atoms with Gasteiger partial charge in [0.2, 0.25) is 12.7 Å². The highest BCUT2D eigenvalue weighted by atomic mass is 79.9. The Labute approximate surface area is 147 Å². The van der Waals surface area contributed by atoms with Crippen LogP contribution < -0.4 is 9.47 Å². The summed E-state index contributed by atoms with van der Waals surface area (Å²) >= 11 is 3.57. The van der Waals surface area contributed by atoms with Gasteiger partial charge < -0.3 is 9.47 Å². The molecule has 0 saturated carbocycles. The molecule has 0 spiro atoms. The molecule has 2 aliphatic rings. The van der Waals surface area contributed by atoms with Crippen molar-refractivity contribution in [2.24, 2.45) is 5.10 Å². The van der Waals surface area contributed by atoms with Crippen LogP contribution in [0.5, 0.6) is 11.5 Å². The summed E-state index contributed by atoms with van der Waals surface area (Å²) in [5, 5.41) is 6.00. The minimum atomic E-state index is -0.205. The van der Waals surface area contributed by atoms with Gasteiger partial charge in [0.05, 0.1) is 17.4 Å². The first-order valence-electron chi connectivity index (χ1n) is 7.51. The number of halogens is 1. The van der Waals surface area contributed by atoms with Crippen molar-refractivity contribution in [3.8, 4) is 11.5 Å². The van der Waals surface area contributed by atoms with E-state index in [2.05, 4.69) is 26.0 Å². The zero-order valence-electron chi connectivity index (χ0n) is 12.9. The van der Waals surface area contributed by atoms with Gasteiger partial charge in [-0.3, -0.25) is 9.78 Å². The summed E-state index contributed by atoms with van der Waals surface area (Å²) in [5.74, 6) is 1.27. The normalized spacial score (nSPS) is 18.7. The number of fused-ring (bicyclic) bond motifs is 1. The van der Waals surface area contributed by atoms with Crippen LogP contribution in [-0.2, 0) is 4.79 Å². The van der Waals surface area contributed by atoms with E-state index in [-0.39, 0.29) is 18.7 Å². The fourth-order valence-corrected chi connectivity index (χ4v) is 3.51. The first-order chi connectivity index (χ1) is 11.6. The van der Waals surface area contributed by atoms with Gasteiger partial charge >= 0.3 is 0 Å². The van der Waals surface area contributed by atoms with Gasteiger partial charge in [-0.1, -0.05) is 22.0 Å². The van der Waals surface area contributed by atoms with Crippen molar-refractivity contribution in [2.75, 3.05) is 6.79 Å². The van der Waals surface area contributed by atoms with Gasteiger partial charge in [0.15, 0.2) is 11.5 Å². The number of amides is 1. The Kier molecular flexibility index (Phi) is 3.72. The zero-order valence-corrected chi connectivity index (χ0v) is 14.5. The van der Waals surface area contributed by atoms with Crippen molar-refractivity contribution in [3.63, 3.8) is 0 Å². The van der Waals surface area contributed by atoms with Crippen LogP contribution in [0.1, 0.15) is 30.6 Å². The van der Waals surface area contributed by atoms with Crippen molar-refractivity contribution in [1.82, 2.24) is 9.99 Å². The summed E-state index contributed by atoms with van der Waals surface area (Å²) in [5.41, 5.74) is 2.51. The summed E-state index contributed by atoms with van der Waals surface area (Å²) in [6.45, 7) is 1.72. The molecule has 2 aliphatic heterocycles. The Morgan fingerprint density at radius 1 is 1.29 bits per heavy atom. The molecule has 4 rings (SSSR count). The second-order valence-corrected chi connectivity index (χ2v) is 6.43. The lowest BCUT2D eigenvalue weighted by Gasteiger charge is -2.21. The van der Waals surface area contributed by atoms with Crippen molar-refractivity contribution in [2.45, 2.75) is 19.4 Å². The lowest BCUT2D eigenvalue weighted by atomic mass is 10.00. The molecule has 2 aromatic rings. The third kappa shape index (κ3) is 2.54. The average Bonchev–Trinajstić information content (AvgIpc) is 3.21. The van der Waals surface area contributed by atoms with Crippen LogP contribution in [0, 0.1) is 0 Å². The minimum absolute atomic E-state index is 0.115. The molecule has 0 fully saturated rings. The van der Waals surface area contributed by atoms with E-state index in [1.165, 1.54) is 11.9 Å². The monoisotopic (exact) mass is 387 g/mol. The number of ether oxygens (including phenoxy) is 2.